The van der Waals surface area contributed by atoms with Crippen LogP contribution in [0.5, 0.6) is 0 Å². The second kappa shape index (κ2) is 11.2. The summed E-state index contributed by atoms with van der Waals surface area (Å²) in [5.41, 5.74) is 1.20. The Morgan fingerprint density at radius 1 is 1.18 bits per heavy atom. The van der Waals surface area contributed by atoms with Crippen molar-refractivity contribution in [1.29, 1.82) is 0 Å². The van der Waals surface area contributed by atoms with Gasteiger partial charge < -0.3 is 20.6 Å². The molecule has 0 aliphatic heterocycles. The minimum atomic E-state index is -1.02. The monoisotopic (exact) mass is 389 g/mol. The van der Waals surface area contributed by atoms with E-state index in [-0.39, 0.29) is 35.9 Å². The van der Waals surface area contributed by atoms with Crippen LogP contribution in [0.4, 0.5) is 0 Å². The maximum absolute atomic E-state index is 12.5. The number of rotatable bonds is 10. The summed E-state index contributed by atoms with van der Waals surface area (Å²) in [6, 6.07) is 8.81. The molecule has 1 aromatic carbocycles. The molecule has 0 fully saturated rings. The summed E-state index contributed by atoms with van der Waals surface area (Å²) in [5, 5.41) is 14.7. The van der Waals surface area contributed by atoms with E-state index in [2.05, 4.69) is 10.6 Å². The summed E-state index contributed by atoms with van der Waals surface area (Å²) >= 11 is 0. The highest BCUT2D eigenvalue weighted by Gasteiger charge is 2.24. The zero-order valence-corrected chi connectivity index (χ0v) is 17.2. The van der Waals surface area contributed by atoms with Crippen LogP contribution in [0, 0.1) is 5.92 Å². The van der Waals surface area contributed by atoms with Gasteiger partial charge >= 0.3 is 5.97 Å². The van der Waals surface area contributed by atoms with Gasteiger partial charge in [0.1, 0.15) is 0 Å². The molecule has 2 unspecified atom stereocenters. The number of carbonyl (C=O) groups is 3. The predicted molar refractivity (Wildman–Crippen MR) is 109 cm³/mol. The Hall–Kier alpha value is -2.67. The van der Waals surface area contributed by atoms with Crippen molar-refractivity contribution < 1.29 is 19.5 Å². The fraction of sp³-hybridized carbons (Fsp3) is 0.476. The topological polar surface area (TPSA) is 98.7 Å². The number of hydrogen-bond donors (Lipinski definition) is 3. The number of hydrogen-bond acceptors (Lipinski definition) is 4. The molecule has 0 spiro atoms. The van der Waals surface area contributed by atoms with Crippen molar-refractivity contribution in [3.63, 3.8) is 0 Å². The van der Waals surface area contributed by atoms with Crippen molar-refractivity contribution in [2.45, 2.75) is 39.3 Å². The highest BCUT2D eigenvalue weighted by atomic mass is 16.4. The molecule has 7 heteroatoms. The van der Waals surface area contributed by atoms with E-state index < -0.39 is 12.0 Å². The quantitative estimate of drug-likeness (QED) is 0.526. The molecule has 0 aromatic heterocycles. The Morgan fingerprint density at radius 3 is 2.29 bits per heavy atom. The van der Waals surface area contributed by atoms with Crippen molar-refractivity contribution in [1.82, 2.24) is 15.5 Å². The molecule has 28 heavy (non-hydrogen) atoms. The van der Waals surface area contributed by atoms with Gasteiger partial charge in [0.05, 0.1) is 18.6 Å². The van der Waals surface area contributed by atoms with E-state index in [1.54, 1.807) is 20.2 Å². The van der Waals surface area contributed by atoms with E-state index in [0.29, 0.717) is 6.42 Å². The number of aliphatic carboxylic acids is 1. The number of benzene rings is 1. The predicted octanol–water partition coefficient (Wildman–Crippen LogP) is 1.45. The molecule has 0 aliphatic rings. The lowest BCUT2D eigenvalue weighted by atomic mass is 10.00. The highest BCUT2D eigenvalue weighted by molar-refractivity contribution is 5.88. The second-order valence-electron chi connectivity index (χ2n) is 7.14. The van der Waals surface area contributed by atoms with Gasteiger partial charge in [0.15, 0.2) is 0 Å². The molecule has 0 heterocycles. The maximum atomic E-state index is 12.5. The van der Waals surface area contributed by atoms with Crippen LogP contribution in [0.1, 0.15) is 26.3 Å². The third-order valence-electron chi connectivity index (χ3n) is 4.64. The highest BCUT2D eigenvalue weighted by Crippen LogP contribution is 2.13. The maximum Gasteiger partial charge on any atom is 0.331 e. The summed E-state index contributed by atoms with van der Waals surface area (Å²) in [6.45, 7) is 5.18. The Balaban J connectivity index is 2.70. The lowest BCUT2D eigenvalue weighted by molar-refractivity contribution is -0.134. The second-order valence-corrected chi connectivity index (χ2v) is 7.14. The van der Waals surface area contributed by atoms with E-state index >= 15 is 0 Å². The van der Waals surface area contributed by atoms with Gasteiger partial charge in [-0.3, -0.25) is 9.59 Å². The van der Waals surface area contributed by atoms with Crippen molar-refractivity contribution in [3.8, 4) is 0 Å². The first-order chi connectivity index (χ1) is 13.2. The van der Waals surface area contributed by atoms with Crippen molar-refractivity contribution >= 4 is 17.8 Å². The van der Waals surface area contributed by atoms with Gasteiger partial charge in [-0.05, 0) is 31.9 Å². The molecular formula is C21H31N3O4. The van der Waals surface area contributed by atoms with Crippen LogP contribution < -0.4 is 10.6 Å². The Bertz CT molecular complexity index is 701. The summed E-state index contributed by atoms with van der Waals surface area (Å²) in [5.74, 6) is -1.53. The fourth-order valence-corrected chi connectivity index (χ4v) is 2.83. The average molecular weight is 389 g/mol. The van der Waals surface area contributed by atoms with Crippen LogP contribution in [-0.2, 0) is 20.8 Å². The van der Waals surface area contributed by atoms with E-state index in [4.69, 9.17) is 5.11 Å². The van der Waals surface area contributed by atoms with Gasteiger partial charge in [-0.1, -0.05) is 50.3 Å². The Kier molecular flexibility index (Phi) is 9.38. The average Bonchev–Trinajstić information content (AvgIpc) is 2.67. The van der Waals surface area contributed by atoms with Crippen molar-refractivity contribution in [2.24, 2.45) is 5.92 Å². The van der Waals surface area contributed by atoms with Crippen molar-refractivity contribution in [2.75, 3.05) is 20.6 Å². The molecule has 3 N–H and O–H groups in total. The molecule has 7 nitrogen and oxygen atoms in total. The molecule has 2 atom stereocenters. The van der Waals surface area contributed by atoms with Crippen LogP contribution >= 0.6 is 0 Å². The van der Waals surface area contributed by atoms with Crippen LogP contribution in [0.25, 0.3) is 0 Å². The minimum Gasteiger partial charge on any atom is -0.478 e. The molecule has 0 radical (unpaired) electrons. The lowest BCUT2D eigenvalue weighted by Crippen LogP contribution is -2.49. The van der Waals surface area contributed by atoms with Gasteiger partial charge in [-0.15, -0.1) is 0 Å². The summed E-state index contributed by atoms with van der Waals surface area (Å²) < 4.78 is 0. The number of carboxylic acids is 1. The lowest BCUT2D eigenvalue weighted by Gasteiger charge is -2.29. The molecular weight excluding hydrogens is 358 g/mol. The molecule has 0 saturated carbocycles. The molecule has 0 aliphatic carbocycles. The molecule has 154 valence electrons. The third kappa shape index (κ3) is 7.15. The van der Waals surface area contributed by atoms with Crippen LogP contribution in [0.2, 0.25) is 0 Å². The number of amides is 2. The SMILES string of the molecule is CNC(Cc1ccccc1)C(=O)NCC(=O)N(C)C(/C=C(\C)C(=O)O)C(C)C. The zero-order valence-electron chi connectivity index (χ0n) is 17.2. The summed E-state index contributed by atoms with van der Waals surface area (Å²) in [7, 11) is 3.32. The zero-order chi connectivity index (χ0) is 21.3. The smallest absolute Gasteiger partial charge is 0.331 e. The number of carbonyl (C=O) groups excluding carboxylic acids is 2. The minimum absolute atomic E-state index is 0.0297. The van der Waals surface area contributed by atoms with E-state index in [1.165, 1.54) is 11.8 Å². The molecule has 2 amide bonds. The third-order valence-corrected chi connectivity index (χ3v) is 4.64. The van der Waals surface area contributed by atoms with Gasteiger partial charge in [0.25, 0.3) is 0 Å². The van der Waals surface area contributed by atoms with Gasteiger partial charge in [0.2, 0.25) is 11.8 Å². The molecule has 1 aromatic rings. The molecule has 0 bridgehead atoms. The summed E-state index contributed by atoms with van der Waals surface area (Å²) in [4.78, 5) is 37.5. The van der Waals surface area contributed by atoms with E-state index in [0.717, 1.165) is 5.56 Å². The van der Waals surface area contributed by atoms with Gasteiger partial charge in [-0.25, -0.2) is 4.79 Å². The normalized spacial score (nSPS) is 13.7. The van der Waals surface area contributed by atoms with E-state index in [1.807, 2.05) is 44.2 Å². The van der Waals surface area contributed by atoms with Crippen molar-refractivity contribution in [3.05, 3.63) is 47.5 Å². The van der Waals surface area contributed by atoms with Crippen LogP contribution in [0.3, 0.4) is 0 Å². The van der Waals surface area contributed by atoms with Crippen LogP contribution in [0.15, 0.2) is 42.0 Å². The largest absolute Gasteiger partial charge is 0.478 e. The Morgan fingerprint density at radius 2 is 1.79 bits per heavy atom. The molecule has 0 saturated heterocycles. The number of likely N-dealkylation sites (N-methyl/N-ethyl adjacent to an activating group) is 2. The standard InChI is InChI=1S/C21H31N3O4/c1-14(2)18(11-15(3)21(27)28)24(5)19(25)13-23-20(26)17(22-4)12-16-9-7-6-8-10-16/h6-11,14,17-18,22H,12-13H2,1-5H3,(H,23,26)(H,27,28)/b15-11+. The van der Waals surface area contributed by atoms with Gasteiger partial charge in [0, 0.05) is 12.6 Å². The number of nitrogens with zero attached hydrogens (tertiary/aromatic N) is 1. The Labute approximate surface area is 166 Å². The fourth-order valence-electron chi connectivity index (χ4n) is 2.83. The number of nitrogens with one attached hydrogen (secondary N) is 2. The summed E-state index contributed by atoms with van der Waals surface area (Å²) in [6.07, 6.45) is 2.08. The first kappa shape index (κ1) is 23.4. The first-order valence-corrected chi connectivity index (χ1v) is 9.33. The first-order valence-electron chi connectivity index (χ1n) is 9.33. The van der Waals surface area contributed by atoms with Crippen LogP contribution in [-0.4, -0.2) is 60.5 Å². The number of carboxylic acid groups (broad SMARTS) is 1. The van der Waals surface area contributed by atoms with Gasteiger partial charge in [-0.2, -0.15) is 0 Å². The molecule has 1 rings (SSSR count). The van der Waals surface area contributed by atoms with E-state index in [9.17, 15) is 14.4 Å².